The van der Waals surface area contributed by atoms with Gasteiger partial charge in [-0.05, 0) is 6.42 Å². The van der Waals surface area contributed by atoms with Gasteiger partial charge >= 0.3 is 12.1 Å². The molecular weight excluding hydrogens is 226 g/mol. The molecule has 1 rings (SSSR count). The van der Waals surface area contributed by atoms with Crippen molar-refractivity contribution in [3.05, 3.63) is 4.91 Å². The molecule has 3 amide bonds. The van der Waals surface area contributed by atoms with Crippen LogP contribution in [0, 0.1) is 4.91 Å². The van der Waals surface area contributed by atoms with E-state index in [2.05, 4.69) is 10.0 Å². The number of hydrogen-bond donors (Lipinski definition) is 0. The van der Waals surface area contributed by atoms with Gasteiger partial charge in [-0.15, -0.1) is 16.5 Å². The first-order valence-corrected chi connectivity index (χ1v) is 4.89. The lowest BCUT2D eigenvalue weighted by Gasteiger charge is -2.26. The number of nitrogens with zero attached hydrogens (tertiary/aromatic N) is 3. The second-order valence-corrected chi connectivity index (χ2v) is 3.17. The fourth-order valence-electron chi connectivity index (χ4n) is 1.12. The van der Waals surface area contributed by atoms with E-state index in [1.165, 1.54) is 0 Å². The number of nitroso groups, excluding NO2 is 1. The number of carbonyl (C=O) groups is 2. The number of amides is 3. The van der Waals surface area contributed by atoms with Gasteiger partial charge in [0.05, 0.1) is 18.4 Å². The van der Waals surface area contributed by atoms with Crippen LogP contribution in [0.1, 0.15) is 6.42 Å². The molecule has 0 unspecified atom stereocenters. The Morgan fingerprint density at radius 2 is 2.40 bits per heavy atom. The molecule has 0 bridgehead atoms. The number of imide groups is 1. The zero-order chi connectivity index (χ0) is 11.3. The minimum absolute atomic E-state index is 0.0341. The molecule has 15 heavy (non-hydrogen) atoms. The largest absolute Gasteiger partial charge is 0.449 e. The normalized spacial score (nSPS) is 15.8. The van der Waals surface area contributed by atoms with E-state index in [0.29, 0.717) is 11.4 Å². The minimum atomic E-state index is -0.796. The van der Waals surface area contributed by atoms with E-state index in [9.17, 15) is 14.5 Å². The average molecular weight is 236 g/mol. The summed E-state index contributed by atoms with van der Waals surface area (Å²) in [6, 6.07) is -0.796. The number of carbonyl (C=O) groups excluding carboxylic acids is 2. The van der Waals surface area contributed by atoms with E-state index in [-0.39, 0.29) is 25.6 Å². The van der Waals surface area contributed by atoms with E-state index in [1.807, 2.05) is 0 Å². The lowest BCUT2D eigenvalue weighted by Crippen LogP contribution is -2.47. The van der Waals surface area contributed by atoms with Gasteiger partial charge < -0.3 is 4.74 Å². The number of urea groups is 1. The van der Waals surface area contributed by atoms with Crippen LogP contribution in [0.4, 0.5) is 9.59 Å². The van der Waals surface area contributed by atoms with Crippen LogP contribution in [-0.4, -0.2) is 47.6 Å². The summed E-state index contributed by atoms with van der Waals surface area (Å²) < 4.78 is 4.65. The molecule has 1 saturated heterocycles. The molecule has 1 aliphatic rings. The van der Waals surface area contributed by atoms with Gasteiger partial charge in [-0.2, -0.15) is 5.01 Å². The average Bonchev–Trinajstić information content (AvgIpc) is 2.25. The molecule has 0 aliphatic carbocycles. The van der Waals surface area contributed by atoms with Crippen LogP contribution in [0.25, 0.3) is 0 Å². The lowest BCUT2D eigenvalue weighted by molar-refractivity contribution is 0.0742. The highest BCUT2D eigenvalue weighted by Crippen LogP contribution is 2.08. The fraction of sp³-hybridized carbons (Fsp3) is 0.714. The summed E-state index contributed by atoms with van der Waals surface area (Å²) in [6.07, 6.45) is -0.208. The molecular formula is C7H10ClN3O4. The quantitative estimate of drug-likeness (QED) is 0.418. The summed E-state index contributed by atoms with van der Waals surface area (Å²) in [6.45, 7) is 0.478. The smallest absolute Gasteiger partial charge is 0.418 e. The summed E-state index contributed by atoms with van der Waals surface area (Å²) in [5.41, 5.74) is 0. The number of hydrogen-bond acceptors (Lipinski definition) is 5. The van der Waals surface area contributed by atoms with Crippen LogP contribution in [0.3, 0.4) is 0 Å². The summed E-state index contributed by atoms with van der Waals surface area (Å²) >= 11 is 5.37. The van der Waals surface area contributed by atoms with Crippen LogP contribution in [0.15, 0.2) is 5.29 Å². The molecule has 84 valence electrons. The Kier molecular flexibility index (Phi) is 4.29. The molecule has 7 nitrogen and oxygen atoms in total. The Balaban J connectivity index is 2.63. The monoisotopic (exact) mass is 235 g/mol. The van der Waals surface area contributed by atoms with Gasteiger partial charge in [0.1, 0.15) is 0 Å². The van der Waals surface area contributed by atoms with Gasteiger partial charge in [0, 0.05) is 12.4 Å². The highest BCUT2D eigenvalue weighted by Gasteiger charge is 2.30. The Bertz CT molecular complexity index is 273. The number of ether oxygens (including phenoxy) is 1. The summed E-state index contributed by atoms with van der Waals surface area (Å²) in [5.74, 6) is 0.0698. The highest BCUT2D eigenvalue weighted by molar-refractivity contribution is 6.18. The predicted molar refractivity (Wildman–Crippen MR) is 51.3 cm³/mol. The zero-order valence-corrected chi connectivity index (χ0v) is 8.64. The predicted octanol–water partition coefficient (Wildman–Crippen LogP) is 1.17. The molecule has 0 radical (unpaired) electrons. The van der Waals surface area contributed by atoms with Gasteiger partial charge in [-0.1, -0.05) is 0 Å². The fourth-order valence-corrected chi connectivity index (χ4v) is 1.28. The first-order valence-electron chi connectivity index (χ1n) is 4.35. The van der Waals surface area contributed by atoms with Crippen LogP contribution < -0.4 is 0 Å². The standard InChI is InChI=1S/C7H10ClN3O4/c8-2-4-11(9-14)6(12)10-3-1-5-15-7(10)13/h1-5H2. The molecule has 8 heteroatoms. The maximum atomic E-state index is 11.5. The van der Waals surface area contributed by atoms with E-state index in [4.69, 9.17) is 11.6 Å². The highest BCUT2D eigenvalue weighted by atomic mass is 35.5. The molecule has 0 spiro atoms. The Morgan fingerprint density at radius 3 is 2.93 bits per heavy atom. The van der Waals surface area contributed by atoms with Crippen molar-refractivity contribution in [3.8, 4) is 0 Å². The summed E-state index contributed by atoms with van der Waals surface area (Å²) in [7, 11) is 0. The van der Waals surface area contributed by atoms with Crippen LogP contribution >= 0.6 is 11.6 Å². The third kappa shape index (κ3) is 2.79. The van der Waals surface area contributed by atoms with Crippen molar-refractivity contribution in [2.24, 2.45) is 5.29 Å². The van der Waals surface area contributed by atoms with E-state index < -0.39 is 12.1 Å². The van der Waals surface area contributed by atoms with Crippen molar-refractivity contribution in [1.29, 1.82) is 0 Å². The topological polar surface area (TPSA) is 79.3 Å². The van der Waals surface area contributed by atoms with Crippen molar-refractivity contribution in [2.45, 2.75) is 6.42 Å². The lowest BCUT2D eigenvalue weighted by atomic mass is 10.4. The first kappa shape index (κ1) is 11.7. The molecule has 0 saturated carbocycles. The van der Waals surface area contributed by atoms with Gasteiger partial charge in [0.25, 0.3) is 0 Å². The Hall–Kier alpha value is -1.37. The maximum Gasteiger partial charge on any atom is 0.418 e. The molecule has 1 heterocycles. The molecule has 0 aromatic carbocycles. The van der Waals surface area contributed by atoms with Gasteiger partial charge in [-0.3, -0.25) is 0 Å². The number of halogens is 1. The zero-order valence-electron chi connectivity index (χ0n) is 7.89. The van der Waals surface area contributed by atoms with E-state index in [1.54, 1.807) is 0 Å². The third-order valence-corrected chi connectivity index (χ3v) is 1.99. The Morgan fingerprint density at radius 1 is 1.67 bits per heavy atom. The van der Waals surface area contributed by atoms with E-state index in [0.717, 1.165) is 4.90 Å². The van der Waals surface area contributed by atoms with Crippen molar-refractivity contribution in [3.63, 3.8) is 0 Å². The SMILES string of the molecule is O=NN(CCCl)C(=O)N1CCCOC1=O. The Labute approximate surface area is 90.8 Å². The number of rotatable bonds is 3. The molecule has 0 aromatic heterocycles. The summed E-state index contributed by atoms with van der Waals surface area (Å²) in [4.78, 5) is 33.8. The second kappa shape index (κ2) is 5.50. The minimum Gasteiger partial charge on any atom is -0.449 e. The molecule has 0 atom stereocenters. The van der Waals surface area contributed by atoms with Crippen molar-refractivity contribution in [2.75, 3.05) is 25.6 Å². The molecule has 1 aliphatic heterocycles. The van der Waals surface area contributed by atoms with E-state index >= 15 is 0 Å². The van der Waals surface area contributed by atoms with Crippen molar-refractivity contribution in [1.82, 2.24) is 9.91 Å². The van der Waals surface area contributed by atoms with Crippen LogP contribution in [-0.2, 0) is 4.74 Å². The second-order valence-electron chi connectivity index (χ2n) is 2.80. The van der Waals surface area contributed by atoms with Crippen LogP contribution in [0.5, 0.6) is 0 Å². The van der Waals surface area contributed by atoms with Gasteiger partial charge in [0.2, 0.25) is 0 Å². The number of cyclic esters (lactones) is 1. The van der Waals surface area contributed by atoms with Crippen molar-refractivity contribution < 1.29 is 14.3 Å². The molecule has 0 N–H and O–H groups in total. The number of alkyl halides is 1. The molecule has 0 aromatic rings. The van der Waals surface area contributed by atoms with Gasteiger partial charge in [0.15, 0.2) is 0 Å². The van der Waals surface area contributed by atoms with Gasteiger partial charge in [-0.25, -0.2) is 14.5 Å². The maximum absolute atomic E-state index is 11.5. The van der Waals surface area contributed by atoms with Crippen LogP contribution in [0.2, 0.25) is 0 Å². The molecule has 1 fully saturated rings. The third-order valence-electron chi connectivity index (χ3n) is 1.82. The first-order chi connectivity index (χ1) is 7.20. The summed E-state index contributed by atoms with van der Waals surface area (Å²) in [5, 5.41) is 3.08. The van der Waals surface area contributed by atoms with Crippen molar-refractivity contribution >= 4 is 23.7 Å².